The van der Waals surface area contributed by atoms with Crippen molar-refractivity contribution in [1.29, 1.82) is 0 Å². The summed E-state index contributed by atoms with van der Waals surface area (Å²) in [6, 6.07) is 22.1. The molecule has 0 unspecified atom stereocenters. The highest BCUT2D eigenvalue weighted by Gasteiger charge is 2.29. The number of methoxy groups -OCH3 is 1. The van der Waals surface area contributed by atoms with Crippen LogP contribution in [-0.4, -0.2) is 88.2 Å². The number of rotatable bonds is 9. The molecule has 5 rings (SSSR count). The molecule has 252 valence electrons. The first-order valence-corrected chi connectivity index (χ1v) is 16.4. The molecule has 48 heavy (non-hydrogen) atoms. The predicted octanol–water partition coefficient (Wildman–Crippen LogP) is 5.40. The van der Waals surface area contributed by atoms with Gasteiger partial charge in [0.2, 0.25) is 0 Å². The van der Waals surface area contributed by atoms with Gasteiger partial charge >= 0.3 is 18.2 Å². The summed E-state index contributed by atoms with van der Waals surface area (Å²) in [6.07, 6.45) is -0.129. The molecule has 1 fully saturated rings. The SMILES string of the molecule is COC(=O)c1ccc(N2CCN(CCCNC(=O)OCC3c4ccccc4-c4ccccc43)CC2)cc1C#CCNC(=O)OC(C)(C)C. The molecule has 3 aromatic carbocycles. The molecule has 0 bridgehead atoms. The molecular weight excluding hydrogens is 608 g/mol. The number of hydrogen-bond donors (Lipinski definition) is 2. The lowest BCUT2D eigenvalue weighted by molar-refractivity contribution is 0.0533. The Bertz CT molecular complexity index is 1630. The molecule has 0 radical (unpaired) electrons. The molecule has 2 amide bonds. The number of esters is 1. The van der Waals surface area contributed by atoms with Gasteiger partial charge in [0.15, 0.2) is 0 Å². The van der Waals surface area contributed by atoms with Gasteiger partial charge in [0.1, 0.15) is 12.2 Å². The first kappa shape index (κ1) is 34.3. The van der Waals surface area contributed by atoms with Gasteiger partial charge in [-0.1, -0.05) is 60.4 Å². The minimum absolute atomic E-state index is 0.0420. The second kappa shape index (κ2) is 15.7. The lowest BCUT2D eigenvalue weighted by atomic mass is 9.98. The molecule has 0 saturated carbocycles. The number of hydrogen-bond acceptors (Lipinski definition) is 8. The number of nitrogens with zero attached hydrogens (tertiary/aromatic N) is 2. The van der Waals surface area contributed by atoms with Gasteiger partial charge in [-0.3, -0.25) is 4.90 Å². The second-order valence-electron chi connectivity index (χ2n) is 12.8. The molecule has 0 atom stereocenters. The van der Waals surface area contributed by atoms with E-state index in [-0.39, 0.29) is 12.5 Å². The zero-order valence-electron chi connectivity index (χ0n) is 28.1. The summed E-state index contributed by atoms with van der Waals surface area (Å²) in [5.74, 6) is 5.49. The summed E-state index contributed by atoms with van der Waals surface area (Å²) in [7, 11) is 1.34. The number of amides is 2. The molecule has 2 N–H and O–H groups in total. The van der Waals surface area contributed by atoms with E-state index in [1.54, 1.807) is 26.8 Å². The monoisotopic (exact) mass is 652 g/mol. The quantitative estimate of drug-likeness (QED) is 0.137. The van der Waals surface area contributed by atoms with Crippen LogP contribution in [0.3, 0.4) is 0 Å². The van der Waals surface area contributed by atoms with E-state index < -0.39 is 23.8 Å². The second-order valence-corrected chi connectivity index (χ2v) is 12.8. The van der Waals surface area contributed by atoms with E-state index in [1.807, 2.05) is 36.4 Å². The van der Waals surface area contributed by atoms with Gasteiger partial charge in [0.05, 0.1) is 19.2 Å². The Morgan fingerprint density at radius 2 is 1.54 bits per heavy atom. The molecule has 1 saturated heterocycles. The van der Waals surface area contributed by atoms with Crippen molar-refractivity contribution >= 4 is 23.8 Å². The maximum absolute atomic E-state index is 12.5. The average molecular weight is 653 g/mol. The molecule has 3 aromatic rings. The Morgan fingerprint density at radius 3 is 2.19 bits per heavy atom. The van der Waals surface area contributed by atoms with Crippen molar-refractivity contribution in [3.05, 3.63) is 89.0 Å². The van der Waals surface area contributed by atoms with Crippen LogP contribution in [-0.2, 0) is 14.2 Å². The first-order valence-electron chi connectivity index (χ1n) is 16.4. The summed E-state index contributed by atoms with van der Waals surface area (Å²) in [4.78, 5) is 41.5. The van der Waals surface area contributed by atoms with E-state index >= 15 is 0 Å². The largest absolute Gasteiger partial charge is 0.465 e. The maximum Gasteiger partial charge on any atom is 0.408 e. The van der Waals surface area contributed by atoms with Gasteiger partial charge in [-0.15, -0.1) is 0 Å². The Morgan fingerprint density at radius 1 is 0.875 bits per heavy atom. The number of alkyl carbamates (subject to hydrolysis) is 2. The van der Waals surface area contributed by atoms with Crippen molar-refractivity contribution in [3.8, 4) is 23.0 Å². The number of fused-ring (bicyclic) bond motifs is 3. The predicted molar refractivity (Wildman–Crippen MR) is 185 cm³/mol. The van der Waals surface area contributed by atoms with Crippen molar-refractivity contribution in [2.75, 3.05) is 64.4 Å². The number of anilines is 1. The number of carbonyl (C=O) groups excluding carboxylic acids is 3. The summed E-state index contributed by atoms with van der Waals surface area (Å²) < 4.78 is 15.8. The Kier molecular flexibility index (Phi) is 11.2. The van der Waals surface area contributed by atoms with Crippen LogP contribution in [0.4, 0.5) is 15.3 Å². The average Bonchev–Trinajstić information content (AvgIpc) is 3.40. The van der Waals surface area contributed by atoms with Gasteiger partial charge in [-0.05, 0) is 74.2 Å². The minimum Gasteiger partial charge on any atom is -0.465 e. The Balaban J connectivity index is 1.05. The summed E-state index contributed by atoms with van der Waals surface area (Å²) in [6.45, 7) is 10.5. The molecule has 2 aliphatic rings. The van der Waals surface area contributed by atoms with Crippen LogP contribution in [0.25, 0.3) is 11.1 Å². The number of piperazine rings is 1. The summed E-state index contributed by atoms with van der Waals surface area (Å²) in [5, 5.41) is 5.52. The molecule has 1 aliphatic carbocycles. The normalized spacial score (nSPS) is 14.2. The van der Waals surface area contributed by atoms with Crippen LogP contribution in [0.1, 0.15) is 60.2 Å². The molecule has 1 heterocycles. The Hall–Kier alpha value is -5.01. The number of nitrogens with one attached hydrogen (secondary N) is 2. The molecule has 1 aliphatic heterocycles. The molecular formula is C38H44N4O6. The minimum atomic E-state index is -0.601. The fraction of sp³-hybridized carbons (Fsp3) is 0.395. The van der Waals surface area contributed by atoms with Crippen LogP contribution in [0.2, 0.25) is 0 Å². The van der Waals surface area contributed by atoms with Gasteiger partial charge in [0, 0.05) is 49.9 Å². The van der Waals surface area contributed by atoms with Crippen LogP contribution >= 0.6 is 0 Å². The van der Waals surface area contributed by atoms with Crippen molar-refractivity contribution < 1.29 is 28.6 Å². The van der Waals surface area contributed by atoms with Gasteiger partial charge < -0.3 is 29.7 Å². The van der Waals surface area contributed by atoms with Gasteiger partial charge in [-0.2, -0.15) is 0 Å². The van der Waals surface area contributed by atoms with Crippen molar-refractivity contribution in [1.82, 2.24) is 15.5 Å². The topological polar surface area (TPSA) is 109 Å². The zero-order valence-corrected chi connectivity index (χ0v) is 28.1. The third-order valence-electron chi connectivity index (χ3n) is 8.35. The smallest absolute Gasteiger partial charge is 0.408 e. The van der Waals surface area contributed by atoms with E-state index in [1.165, 1.54) is 29.4 Å². The maximum atomic E-state index is 12.5. The third kappa shape index (κ3) is 8.87. The standard InChI is InChI=1S/C38H44N4O6/c1-38(2,3)48-37(45)40-18-9-11-27-25-28(16-17-29(27)35(43)46-4)42-23-21-41(22-24-42)20-10-19-39-36(44)47-26-34-32-14-7-5-12-30(32)31-13-6-8-15-33(31)34/h5-8,12-17,25,34H,10,18-24,26H2,1-4H3,(H,39,44)(H,40,45). The highest BCUT2D eigenvalue weighted by atomic mass is 16.6. The van der Waals surface area contributed by atoms with E-state index in [2.05, 4.69) is 56.5 Å². The summed E-state index contributed by atoms with van der Waals surface area (Å²) in [5.41, 5.74) is 6.07. The summed E-state index contributed by atoms with van der Waals surface area (Å²) >= 11 is 0. The van der Waals surface area contributed by atoms with Crippen molar-refractivity contribution in [2.24, 2.45) is 0 Å². The molecule has 0 spiro atoms. The number of carbonyl (C=O) groups is 3. The van der Waals surface area contributed by atoms with Crippen molar-refractivity contribution in [2.45, 2.75) is 38.7 Å². The van der Waals surface area contributed by atoms with Crippen LogP contribution in [0.15, 0.2) is 66.7 Å². The number of benzene rings is 3. The highest BCUT2D eigenvalue weighted by Crippen LogP contribution is 2.44. The lowest BCUT2D eigenvalue weighted by Gasteiger charge is -2.36. The van der Waals surface area contributed by atoms with Gasteiger partial charge in [0.25, 0.3) is 0 Å². The zero-order chi connectivity index (χ0) is 34.1. The highest BCUT2D eigenvalue weighted by molar-refractivity contribution is 5.93. The van der Waals surface area contributed by atoms with Crippen molar-refractivity contribution in [3.63, 3.8) is 0 Å². The van der Waals surface area contributed by atoms with Gasteiger partial charge in [-0.25, -0.2) is 14.4 Å². The van der Waals surface area contributed by atoms with E-state index in [0.717, 1.165) is 44.8 Å². The van der Waals surface area contributed by atoms with E-state index in [9.17, 15) is 14.4 Å². The third-order valence-corrected chi connectivity index (χ3v) is 8.35. The fourth-order valence-electron chi connectivity index (χ4n) is 6.06. The molecule has 10 heteroatoms. The van der Waals surface area contributed by atoms with E-state index in [0.29, 0.717) is 24.3 Å². The molecule has 10 nitrogen and oxygen atoms in total. The van der Waals surface area contributed by atoms with E-state index in [4.69, 9.17) is 14.2 Å². The molecule has 0 aromatic heterocycles. The lowest BCUT2D eigenvalue weighted by Crippen LogP contribution is -2.47. The number of ether oxygens (including phenoxy) is 3. The first-order chi connectivity index (χ1) is 23.1. The van der Waals surface area contributed by atoms with Crippen LogP contribution in [0, 0.1) is 11.8 Å². The Labute approximate surface area is 282 Å². The fourth-order valence-corrected chi connectivity index (χ4v) is 6.06. The van der Waals surface area contributed by atoms with Crippen LogP contribution < -0.4 is 15.5 Å². The van der Waals surface area contributed by atoms with Crippen LogP contribution in [0.5, 0.6) is 0 Å².